The zero-order valence-corrected chi connectivity index (χ0v) is 16.8. The molecule has 3 aliphatic rings. The van der Waals surface area contributed by atoms with Crippen molar-refractivity contribution in [3.05, 3.63) is 23.5 Å². The van der Waals surface area contributed by atoms with E-state index in [1.807, 2.05) is 6.92 Å². The summed E-state index contributed by atoms with van der Waals surface area (Å²) in [7, 11) is 0. The summed E-state index contributed by atoms with van der Waals surface area (Å²) < 4.78 is 92.0. The van der Waals surface area contributed by atoms with Gasteiger partial charge in [-0.25, -0.2) is 0 Å². The number of ether oxygens (including phenoxy) is 1. The highest BCUT2D eigenvalue weighted by Crippen LogP contribution is 2.53. The van der Waals surface area contributed by atoms with Crippen molar-refractivity contribution in [1.29, 1.82) is 0 Å². The van der Waals surface area contributed by atoms with E-state index in [1.54, 1.807) is 0 Å². The summed E-state index contributed by atoms with van der Waals surface area (Å²) in [6.07, 6.45) is 4.13. The van der Waals surface area contributed by atoms with E-state index >= 15 is 0 Å². The predicted molar refractivity (Wildman–Crippen MR) is 99.0 cm³/mol. The molecular formula is C22H30F6O. The quantitative estimate of drug-likeness (QED) is 0.394. The monoisotopic (exact) mass is 424 g/mol. The molecule has 0 aromatic heterocycles. The Kier molecular flexibility index (Phi) is 6.64. The minimum absolute atomic E-state index is 0.149. The van der Waals surface area contributed by atoms with E-state index in [-0.39, 0.29) is 12.8 Å². The topological polar surface area (TPSA) is 9.23 Å². The van der Waals surface area contributed by atoms with Gasteiger partial charge in [0.15, 0.2) is 5.76 Å². The molecule has 0 heterocycles. The van der Waals surface area contributed by atoms with Crippen LogP contribution in [-0.4, -0.2) is 18.0 Å². The second kappa shape index (κ2) is 8.54. The molecule has 3 rings (SSSR count). The van der Waals surface area contributed by atoms with Gasteiger partial charge in [0.05, 0.1) is 5.92 Å². The second-order valence-corrected chi connectivity index (χ2v) is 8.81. The van der Waals surface area contributed by atoms with Gasteiger partial charge in [-0.05, 0) is 56.4 Å². The van der Waals surface area contributed by atoms with E-state index in [9.17, 15) is 26.3 Å². The van der Waals surface area contributed by atoms with E-state index in [0.29, 0.717) is 50.5 Å². The van der Waals surface area contributed by atoms with Crippen LogP contribution in [0.5, 0.6) is 0 Å². The molecule has 7 heteroatoms. The van der Waals surface area contributed by atoms with Crippen LogP contribution in [0.15, 0.2) is 23.5 Å². The molecular weight excluding hydrogens is 394 g/mol. The summed E-state index contributed by atoms with van der Waals surface area (Å²) in [6, 6.07) is 0. The molecule has 0 aromatic rings. The van der Waals surface area contributed by atoms with Crippen molar-refractivity contribution in [1.82, 2.24) is 0 Å². The SMILES string of the molecule is CCCC1CCC(C(F)(F)OC2=CC=C(C3CCCCC3)C(F)(F)C2(F)F)CC1. The molecule has 0 aromatic carbocycles. The average Bonchev–Trinajstić information content (AvgIpc) is 2.67. The van der Waals surface area contributed by atoms with Crippen LogP contribution >= 0.6 is 0 Å². The van der Waals surface area contributed by atoms with Crippen LogP contribution in [0.2, 0.25) is 0 Å². The summed E-state index contributed by atoms with van der Waals surface area (Å²) >= 11 is 0. The van der Waals surface area contributed by atoms with E-state index in [1.165, 1.54) is 0 Å². The van der Waals surface area contributed by atoms with Crippen LogP contribution in [-0.2, 0) is 4.74 Å². The minimum Gasteiger partial charge on any atom is -0.430 e. The van der Waals surface area contributed by atoms with Crippen molar-refractivity contribution < 1.29 is 31.1 Å². The highest BCUT2D eigenvalue weighted by atomic mass is 19.3. The molecule has 0 atom stereocenters. The summed E-state index contributed by atoms with van der Waals surface area (Å²) in [5.41, 5.74) is -0.655. The first kappa shape index (κ1) is 22.5. The molecule has 0 N–H and O–H groups in total. The second-order valence-electron chi connectivity index (χ2n) is 8.81. The van der Waals surface area contributed by atoms with Crippen molar-refractivity contribution in [3.63, 3.8) is 0 Å². The van der Waals surface area contributed by atoms with Gasteiger partial charge in [-0.1, -0.05) is 45.1 Å². The summed E-state index contributed by atoms with van der Waals surface area (Å²) in [5, 5.41) is 0. The molecule has 2 saturated carbocycles. The molecule has 0 unspecified atom stereocenters. The van der Waals surface area contributed by atoms with Gasteiger partial charge in [-0.3, -0.25) is 0 Å². The Morgan fingerprint density at radius 1 is 0.897 bits per heavy atom. The van der Waals surface area contributed by atoms with Crippen LogP contribution in [0.3, 0.4) is 0 Å². The lowest BCUT2D eigenvalue weighted by molar-refractivity contribution is -0.288. The summed E-state index contributed by atoms with van der Waals surface area (Å²) in [4.78, 5) is 0. The molecule has 0 radical (unpaired) electrons. The number of rotatable bonds is 6. The molecule has 0 saturated heterocycles. The zero-order chi connectivity index (χ0) is 21.3. The maximum Gasteiger partial charge on any atom is 0.400 e. The third-order valence-corrected chi connectivity index (χ3v) is 6.79. The maximum absolute atomic E-state index is 14.7. The molecule has 0 amide bonds. The van der Waals surface area contributed by atoms with Crippen LogP contribution in [0, 0.1) is 17.8 Å². The van der Waals surface area contributed by atoms with Crippen molar-refractivity contribution in [3.8, 4) is 0 Å². The van der Waals surface area contributed by atoms with Gasteiger partial charge in [0.25, 0.3) is 0 Å². The first-order valence-electron chi connectivity index (χ1n) is 10.8. The number of alkyl halides is 6. The van der Waals surface area contributed by atoms with Crippen molar-refractivity contribution in [2.24, 2.45) is 17.8 Å². The third kappa shape index (κ3) is 4.48. The fourth-order valence-electron chi connectivity index (χ4n) is 5.04. The molecule has 0 spiro atoms. The van der Waals surface area contributed by atoms with Crippen LogP contribution in [0.4, 0.5) is 26.3 Å². The van der Waals surface area contributed by atoms with Gasteiger partial charge in [0.2, 0.25) is 0 Å². The minimum atomic E-state index is -4.78. The predicted octanol–water partition coefficient (Wildman–Crippen LogP) is 7.88. The van der Waals surface area contributed by atoms with Crippen molar-refractivity contribution >= 4 is 0 Å². The average molecular weight is 424 g/mol. The number of halogens is 6. The first-order chi connectivity index (χ1) is 13.6. The van der Waals surface area contributed by atoms with Crippen molar-refractivity contribution in [2.45, 2.75) is 95.5 Å². The standard InChI is InChI=1S/C22H30F6O/c1-2-6-15-9-11-17(12-10-15)22(27,28)29-19-14-13-18(16-7-4-3-5-8-16)20(23,24)21(19,25)26/h13-17H,2-12H2,1H3. The third-order valence-electron chi connectivity index (χ3n) is 6.79. The zero-order valence-electron chi connectivity index (χ0n) is 16.8. The highest BCUT2D eigenvalue weighted by molar-refractivity contribution is 5.37. The number of allylic oxidation sites excluding steroid dienone is 4. The molecule has 1 nitrogen and oxygen atoms in total. The molecule has 0 bridgehead atoms. The largest absolute Gasteiger partial charge is 0.430 e. The van der Waals surface area contributed by atoms with Gasteiger partial charge >= 0.3 is 18.0 Å². The Balaban J connectivity index is 1.75. The van der Waals surface area contributed by atoms with Gasteiger partial charge in [0.1, 0.15) is 0 Å². The van der Waals surface area contributed by atoms with E-state index in [4.69, 9.17) is 0 Å². The van der Waals surface area contributed by atoms with Gasteiger partial charge in [-0.2, -0.15) is 26.3 Å². The van der Waals surface area contributed by atoms with E-state index in [0.717, 1.165) is 25.3 Å². The molecule has 29 heavy (non-hydrogen) atoms. The fourth-order valence-corrected chi connectivity index (χ4v) is 5.04. The Hall–Kier alpha value is -1.14. The Morgan fingerprint density at radius 3 is 2.10 bits per heavy atom. The lowest BCUT2D eigenvalue weighted by atomic mass is 9.77. The lowest BCUT2D eigenvalue weighted by Gasteiger charge is -2.39. The van der Waals surface area contributed by atoms with Gasteiger partial charge in [0, 0.05) is 5.57 Å². The molecule has 166 valence electrons. The van der Waals surface area contributed by atoms with Crippen LogP contribution < -0.4 is 0 Å². The molecule has 2 fully saturated rings. The normalized spacial score (nSPS) is 30.4. The number of hydrogen-bond acceptors (Lipinski definition) is 1. The maximum atomic E-state index is 14.7. The molecule has 3 aliphatic carbocycles. The molecule has 0 aliphatic heterocycles. The van der Waals surface area contributed by atoms with Crippen molar-refractivity contribution in [2.75, 3.05) is 0 Å². The fraction of sp³-hybridized carbons (Fsp3) is 0.818. The lowest BCUT2D eigenvalue weighted by Crippen LogP contribution is -2.49. The van der Waals surface area contributed by atoms with Gasteiger partial charge in [-0.15, -0.1) is 0 Å². The highest BCUT2D eigenvalue weighted by Gasteiger charge is 2.66. The van der Waals surface area contributed by atoms with Crippen LogP contribution in [0.25, 0.3) is 0 Å². The number of hydrogen-bond donors (Lipinski definition) is 0. The smallest absolute Gasteiger partial charge is 0.400 e. The Labute approximate surface area is 168 Å². The van der Waals surface area contributed by atoms with Gasteiger partial charge < -0.3 is 4.74 Å². The van der Waals surface area contributed by atoms with Crippen LogP contribution in [0.1, 0.15) is 77.6 Å². The Bertz CT molecular complexity index is 625. The Morgan fingerprint density at radius 2 is 1.52 bits per heavy atom. The summed E-state index contributed by atoms with van der Waals surface area (Å²) in [5.74, 6) is -12.4. The first-order valence-corrected chi connectivity index (χ1v) is 10.8. The summed E-state index contributed by atoms with van der Waals surface area (Å²) in [6.45, 7) is 2.02. The van der Waals surface area contributed by atoms with E-state index < -0.39 is 41.1 Å². The van der Waals surface area contributed by atoms with E-state index in [2.05, 4.69) is 4.74 Å².